The molecule has 0 spiro atoms. The zero-order valence-corrected chi connectivity index (χ0v) is 17.0. The van der Waals surface area contributed by atoms with Gasteiger partial charge in [-0.25, -0.2) is 5.06 Å². The van der Waals surface area contributed by atoms with Gasteiger partial charge in [0.1, 0.15) is 17.6 Å². The smallest absolute Gasteiger partial charge is 0.275 e. The van der Waals surface area contributed by atoms with Crippen molar-refractivity contribution in [2.45, 2.75) is 25.9 Å². The van der Waals surface area contributed by atoms with E-state index in [4.69, 9.17) is 19.0 Å². The van der Waals surface area contributed by atoms with E-state index in [1.165, 1.54) is 12.2 Å². The van der Waals surface area contributed by atoms with Crippen LogP contribution in [0.5, 0.6) is 11.5 Å². The van der Waals surface area contributed by atoms with E-state index in [9.17, 15) is 4.79 Å². The van der Waals surface area contributed by atoms with Gasteiger partial charge in [-0.05, 0) is 42.3 Å². The molecule has 0 saturated carbocycles. The minimum atomic E-state index is -0.574. The highest BCUT2D eigenvalue weighted by atomic mass is 16.7. The highest BCUT2D eigenvalue weighted by molar-refractivity contribution is 5.80. The van der Waals surface area contributed by atoms with Crippen LogP contribution in [-0.4, -0.2) is 51.6 Å². The van der Waals surface area contributed by atoms with Gasteiger partial charge in [0.15, 0.2) is 0 Å². The molecule has 2 aromatic rings. The van der Waals surface area contributed by atoms with E-state index in [0.717, 1.165) is 29.0 Å². The summed E-state index contributed by atoms with van der Waals surface area (Å²) in [5.41, 5.74) is 2.16. The van der Waals surface area contributed by atoms with Gasteiger partial charge in [-0.15, -0.1) is 0 Å². The second-order valence-corrected chi connectivity index (χ2v) is 6.26. The highest BCUT2D eigenvalue weighted by Crippen LogP contribution is 2.17. The maximum atomic E-state index is 12.3. The topological polar surface area (TPSA) is 57.2 Å². The largest absolute Gasteiger partial charge is 0.497 e. The Morgan fingerprint density at radius 3 is 2.43 bits per heavy atom. The Hall–Kier alpha value is -2.57. The SMILES string of the molecule is CCOC(Cc1ccc(OCCc2cccc(OC)c2)cc1)C(=O)N(C)OC. The molecule has 0 saturated heterocycles. The molecule has 0 N–H and O–H groups in total. The molecular formula is C22H29NO5. The first kappa shape index (κ1) is 21.7. The van der Waals surface area contributed by atoms with Crippen LogP contribution in [0.2, 0.25) is 0 Å². The first-order valence-electron chi connectivity index (χ1n) is 9.35. The molecule has 6 nitrogen and oxygen atoms in total. The molecule has 0 aliphatic carbocycles. The van der Waals surface area contributed by atoms with Crippen molar-refractivity contribution >= 4 is 5.91 Å². The number of amides is 1. The second kappa shape index (κ2) is 11.3. The van der Waals surface area contributed by atoms with Crippen LogP contribution >= 0.6 is 0 Å². The molecule has 1 amide bonds. The van der Waals surface area contributed by atoms with Crippen LogP contribution in [0, 0.1) is 0 Å². The predicted molar refractivity (Wildman–Crippen MR) is 108 cm³/mol. The van der Waals surface area contributed by atoms with Gasteiger partial charge in [0.05, 0.1) is 20.8 Å². The van der Waals surface area contributed by atoms with Crippen LogP contribution in [0.1, 0.15) is 18.1 Å². The average molecular weight is 387 g/mol. The number of benzene rings is 2. The summed E-state index contributed by atoms with van der Waals surface area (Å²) in [6.45, 7) is 2.90. The third-order valence-electron chi connectivity index (χ3n) is 4.37. The van der Waals surface area contributed by atoms with E-state index in [0.29, 0.717) is 19.6 Å². The lowest BCUT2D eigenvalue weighted by molar-refractivity contribution is -0.180. The maximum absolute atomic E-state index is 12.3. The Morgan fingerprint density at radius 1 is 1.04 bits per heavy atom. The van der Waals surface area contributed by atoms with Crippen molar-refractivity contribution in [2.24, 2.45) is 0 Å². The fraction of sp³-hybridized carbons (Fsp3) is 0.409. The van der Waals surface area contributed by atoms with Gasteiger partial charge in [-0.2, -0.15) is 0 Å². The number of hydroxylamine groups is 2. The van der Waals surface area contributed by atoms with E-state index in [1.807, 2.05) is 49.4 Å². The van der Waals surface area contributed by atoms with E-state index in [-0.39, 0.29) is 5.91 Å². The summed E-state index contributed by atoms with van der Waals surface area (Å²) in [6, 6.07) is 15.7. The van der Waals surface area contributed by atoms with Gasteiger partial charge in [0, 0.05) is 26.5 Å². The molecule has 152 valence electrons. The van der Waals surface area contributed by atoms with Crippen molar-refractivity contribution in [3.63, 3.8) is 0 Å². The van der Waals surface area contributed by atoms with Crippen LogP contribution in [0.4, 0.5) is 0 Å². The number of carbonyl (C=O) groups excluding carboxylic acids is 1. The number of likely N-dealkylation sites (N-methyl/N-ethyl adjacent to an activating group) is 1. The van der Waals surface area contributed by atoms with Crippen molar-refractivity contribution in [3.05, 3.63) is 59.7 Å². The molecule has 0 aromatic heterocycles. The third kappa shape index (κ3) is 6.55. The van der Waals surface area contributed by atoms with Crippen molar-refractivity contribution in [2.75, 3.05) is 34.5 Å². The van der Waals surface area contributed by atoms with Gasteiger partial charge in [0.25, 0.3) is 5.91 Å². The van der Waals surface area contributed by atoms with E-state index < -0.39 is 6.10 Å². The summed E-state index contributed by atoms with van der Waals surface area (Å²) >= 11 is 0. The molecular weight excluding hydrogens is 358 g/mol. The van der Waals surface area contributed by atoms with Gasteiger partial charge in [-0.3, -0.25) is 9.63 Å². The molecule has 2 rings (SSSR count). The third-order valence-corrected chi connectivity index (χ3v) is 4.37. The lowest BCUT2D eigenvalue weighted by Crippen LogP contribution is -2.38. The summed E-state index contributed by atoms with van der Waals surface area (Å²) in [7, 11) is 4.69. The van der Waals surface area contributed by atoms with Crippen molar-refractivity contribution in [3.8, 4) is 11.5 Å². The number of rotatable bonds is 11. The standard InChI is InChI=1S/C22H29NO5/c1-5-27-21(22(24)23(2)26-4)16-18-9-11-19(12-10-18)28-14-13-17-7-6-8-20(15-17)25-3/h6-12,15,21H,5,13-14,16H2,1-4H3. The number of nitrogens with zero attached hydrogens (tertiary/aromatic N) is 1. The highest BCUT2D eigenvalue weighted by Gasteiger charge is 2.23. The van der Waals surface area contributed by atoms with Gasteiger partial charge in [0.2, 0.25) is 0 Å². The van der Waals surface area contributed by atoms with Crippen molar-refractivity contribution in [1.82, 2.24) is 5.06 Å². The van der Waals surface area contributed by atoms with Crippen LogP contribution in [0.15, 0.2) is 48.5 Å². The zero-order chi connectivity index (χ0) is 20.4. The van der Waals surface area contributed by atoms with E-state index >= 15 is 0 Å². The molecule has 0 aliphatic rings. The summed E-state index contributed by atoms with van der Waals surface area (Å²) in [4.78, 5) is 17.3. The van der Waals surface area contributed by atoms with Gasteiger partial charge < -0.3 is 14.2 Å². The molecule has 1 atom stereocenters. The normalized spacial score (nSPS) is 11.7. The Morgan fingerprint density at radius 2 is 1.79 bits per heavy atom. The van der Waals surface area contributed by atoms with Crippen LogP contribution in [0.3, 0.4) is 0 Å². The van der Waals surface area contributed by atoms with Crippen molar-refractivity contribution < 1.29 is 23.8 Å². The summed E-state index contributed by atoms with van der Waals surface area (Å²) in [6.07, 6.45) is 0.697. The van der Waals surface area contributed by atoms with Crippen LogP contribution < -0.4 is 9.47 Å². The number of carbonyl (C=O) groups is 1. The number of hydrogen-bond donors (Lipinski definition) is 0. The average Bonchev–Trinajstić information content (AvgIpc) is 2.73. The molecule has 0 fully saturated rings. The van der Waals surface area contributed by atoms with Crippen LogP contribution in [-0.2, 0) is 27.2 Å². The Balaban J connectivity index is 1.88. The Labute approximate surface area is 166 Å². The number of methoxy groups -OCH3 is 1. The van der Waals surface area contributed by atoms with Gasteiger partial charge in [-0.1, -0.05) is 24.3 Å². The number of ether oxygens (including phenoxy) is 3. The lowest BCUT2D eigenvalue weighted by Gasteiger charge is -2.21. The fourth-order valence-corrected chi connectivity index (χ4v) is 2.76. The predicted octanol–water partition coefficient (Wildman–Crippen LogP) is 3.28. The molecule has 28 heavy (non-hydrogen) atoms. The Kier molecular flexibility index (Phi) is 8.78. The maximum Gasteiger partial charge on any atom is 0.275 e. The summed E-state index contributed by atoms with van der Waals surface area (Å²) in [5.74, 6) is 1.43. The number of hydrogen-bond acceptors (Lipinski definition) is 5. The molecule has 1 unspecified atom stereocenters. The molecule has 0 heterocycles. The second-order valence-electron chi connectivity index (χ2n) is 6.26. The van der Waals surface area contributed by atoms with E-state index in [2.05, 4.69) is 6.07 Å². The zero-order valence-electron chi connectivity index (χ0n) is 17.0. The minimum absolute atomic E-state index is 0.206. The monoisotopic (exact) mass is 387 g/mol. The summed E-state index contributed by atoms with van der Waals surface area (Å²) < 4.78 is 16.6. The minimum Gasteiger partial charge on any atom is -0.497 e. The Bertz CT molecular complexity index is 732. The van der Waals surface area contributed by atoms with Crippen LogP contribution in [0.25, 0.3) is 0 Å². The molecule has 0 aliphatic heterocycles. The molecule has 0 radical (unpaired) electrons. The quantitative estimate of drug-likeness (QED) is 0.554. The first-order chi connectivity index (χ1) is 13.6. The fourth-order valence-electron chi connectivity index (χ4n) is 2.76. The summed E-state index contributed by atoms with van der Waals surface area (Å²) in [5, 5.41) is 1.19. The van der Waals surface area contributed by atoms with Crippen molar-refractivity contribution in [1.29, 1.82) is 0 Å². The van der Waals surface area contributed by atoms with Gasteiger partial charge >= 0.3 is 0 Å². The van der Waals surface area contributed by atoms with E-state index in [1.54, 1.807) is 14.2 Å². The first-order valence-corrected chi connectivity index (χ1v) is 9.35. The lowest BCUT2D eigenvalue weighted by atomic mass is 10.1. The molecule has 6 heteroatoms. The molecule has 2 aromatic carbocycles. The molecule has 0 bridgehead atoms.